The van der Waals surface area contributed by atoms with Gasteiger partial charge in [-0.05, 0) is 85.3 Å². The number of hydrogen-bond acceptors (Lipinski definition) is 7. The number of benzene rings is 4. The minimum absolute atomic E-state index is 0.0634. The molecule has 0 radical (unpaired) electrons. The molecule has 6 unspecified atom stereocenters. The Morgan fingerprint density at radius 3 is 1.80 bits per heavy atom. The van der Waals surface area contributed by atoms with E-state index < -0.39 is 5.41 Å². The van der Waals surface area contributed by atoms with Crippen molar-refractivity contribution in [2.24, 2.45) is 11.3 Å². The van der Waals surface area contributed by atoms with Crippen LogP contribution in [0.5, 0.6) is 0 Å². The molecule has 7 nitrogen and oxygen atoms in total. The van der Waals surface area contributed by atoms with Crippen LogP contribution in [-0.4, -0.2) is 27.3 Å². The molecule has 7 heteroatoms. The zero-order chi connectivity index (χ0) is 38.3. The molecule has 0 fully saturated rings. The van der Waals surface area contributed by atoms with Crippen molar-refractivity contribution < 1.29 is 0 Å². The van der Waals surface area contributed by atoms with Crippen molar-refractivity contribution >= 4 is 45.9 Å². The molecule has 10 rings (SSSR count). The van der Waals surface area contributed by atoms with Crippen molar-refractivity contribution in [3.63, 3.8) is 0 Å². The minimum atomic E-state index is -0.394. The zero-order valence-corrected chi connectivity index (χ0v) is 32.5. The lowest BCUT2D eigenvalue weighted by atomic mass is 9.58. The van der Waals surface area contributed by atoms with Gasteiger partial charge in [-0.2, -0.15) is 0 Å². The maximum Gasteiger partial charge on any atom is 0.178 e. The summed E-state index contributed by atoms with van der Waals surface area (Å²) < 4.78 is 0. The van der Waals surface area contributed by atoms with E-state index in [1.165, 1.54) is 33.6 Å². The quantitative estimate of drug-likeness (QED) is 0.151. The van der Waals surface area contributed by atoms with Crippen LogP contribution in [0.25, 0.3) is 0 Å². The molecular weight excluding hydrogens is 687 g/mol. The van der Waals surface area contributed by atoms with Crippen molar-refractivity contribution in [2.45, 2.75) is 64.2 Å². The molecule has 0 aliphatic carbocycles. The molecule has 4 aromatic carbocycles. The number of rotatable bonds is 7. The second-order valence-corrected chi connectivity index (χ2v) is 16.2. The van der Waals surface area contributed by atoms with Crippen LogP contribution in [0.15, 0.2) is 153 Å². The van der Waals surface area contributed by atoms with Crippen molar-refractivity contribution in [1.82, 2.24) is 15.0 Å². The topological polar surface area (TPSA) is 51.6 Å². The van der Waals surface area contributed by atoms with Crippen LogP contribution in [0, 0.1) is 25.2 Å². The van der Waals surface area contributed by atoms with Crippen LogP contribution in [0.1, 0.15) is 54.9 Å². The first-order valence-corrected chi connectivity index (χ1v) is 19.8. The first kappa shape index (κ1) is 34.3. The Kier molecular flexibility index (Phi) is 7.76. The molecule has 2 aromatic heterocycles. The maximum absolute atomic E-state index is 5.11. The number of fused-ring (bicyclic) bond motifs is 10. The third-order valence-corrected chi connectivity index (χ3v) is 13.6. The number of pyridine rings is 1. The zero-order valence-electron chi connectivity index (χ0n) is 32.5. The molecule has 0 spiro atoms. The molecule has 0 amide bonds. The molecule has 56 heavy (non-hydrogen) atoms. The summed E-state index contributed by atoms with van der Waals surface area (Å²) in [6, 6.07) is 39.5. The second-order valence-electron chi connectivity index (χ2n) is 16.2. The highest BCUT2D eigenvalue weighted by Gasteiger charge is 2.59. The lowest BCUT2D eigenvalue weighted by Crippen LogP contribution is -2.58. The Bertz CT molecular complexity index is 2530. The van der Waals surface area contributed by atoms with Crippen LogP contribution in [0.4, 0.5) is 45.9 Å². The first-order valence-electron chi connectivity index (χ1n) is 19.8. The standard InChI is InChI=1S/C49H47N7/c1-7-36-35-20-11-15-24-40(35)56-43-42(26-17-29-50-43)53(38-22-13-9-18-32(38)3)47(56)48(36,6)27-28-49(8-2)34(5)46-54(39-23-14-10-19-33(39)4)44-45(52-31-30-51-44)55(46)41-25-16-12-21-37(41)49/h7-26,29-31,34,36,46-47H,1-2,27-28H2,3-6H3. The highest BCUT2D eigenvalue weighted by Crippen LogP contribution is 2.64. The van der Waals surface area contributed by atoms with E-state index in [4.69, 9.17) is 21.5 Å². The summed E-state index contributed by atoms with van der Waals surface area (Å²) in [5.41, 5.74) is 10.1. The fourth-order valence-electron chi connectivity index (χ4n) is 10.9. The largest absolute Gasteiger partial charge is 0.316 e. The van der Waals surface area contributed by atoms with E-state index in [1.807, 2.05) is 18.6 Å². The monoisotopic (exact) mass is 733 g/mol. The third-order valence-electron chi connectivity index (χ3n) is 13.6. The van der Waals surface area contributed by atoms with Crippen LogP contribution in [-0.2, 0) is 5.41 Å². The SMILES string of the molecule is C=CC1c2ccccc2N2c3ncccc3N(c3ccccc3C)C2C1(C)CCC1(C=C)c2ccccc2N2c3nccnc3N(c3ccccc3C)C2C1C. The van der Waals surface area contributed by atoms with Crippen molar-refractivity contribution in [3.05, 3.63) is 175 Å². The number of aromatic nitrogens is 3. The van der Waals surface area contributed by atoms with Gasteiger partial charge in [0.2, 0.25) is 0 Å². The van der Waals surface area contributed by atoms with Gasteiger partial charge in [0, 0.05) is 64.0 Å². The van der Waals surface area contributed by atoms with Gasteiger partial charge in [-0.3, -0.25) is 0 Å². The fourth-order valence-corrected chi connectivity index (χ4v) is 10.9. The predicted molar refractivity (Wildman–Crippen MR) is 229 cm³/mol. The minimum Gasteiger partial charge on any atom is -0.316 e. The molecule has 0 saturated carbocycles. The first-order chi connectivity index (χ1) is 27.3. The van der Waals surface area contributed by atoms with E-state index in [1.54, 1.807) is 0 Å². The average Bonchev–Trinajstić information content (AvgIpc) is 3.77. The van der Waals surface area contributed by atoms with Gasteiger partial charge in [0.15, 0.2) is 17.5 Å². The molecule has 4 aliphatic heterocycles. The van der Waals surface area contributed by atoms with Gasteiger partial charge in [-0.1, -0.05) is 98.8 Å². The lowest BCUT2D eigenvalue weighted by molar-refractivity contribution is 0.161. The van der Waals surface area contributed by atoms with Crippen molar-refractivity contribution in [3.8, 4) is 0 Å². The normalized spacial score (nSPS) is 25.4. The summed E-state index contributed by atoms with van der Waals surface area (Å²) >= 11 is 0. The number of anilines is 8. The molecule has 6 aromatic rings. The summed E-state index contributed by atoms with van der Waals surface area (Å²) in [6.45, 7) is 18.6. The summed E-state index contributed by atoms with van der Waals surface area (Å²) in [7, 11) is 0. The number of nitrogens with zero attached hydrogens (tertiary/aromatic N) is 7. The van der Waals surface area contributed by atoms with Crippen molar-refractivity contribution in [1.29, 1.82) is 0 Å². The summed E-state index contributed by atoms with van der Waals surface area (Å²) in [5.74, 6) is 2.93. The number of hydrogen-bond donors (Lipinski definition) is 0. The number of aryl methyl sites for hydroxylation is 2. The van der Waals surface area contributed by atoms with Gasteiger partial charge in [0.1, 0.15) is 12.3 Å². The lowest BCUT2D eigenvalue weighted by Gasteiger charge is -2.56. The molecule has 0 bridgehead atoms. The van der Waals surface area contributed by atoms with Gasteiger partial charge >= 0.3 is 0 Å². The van der Waals surface area contributed by atoms with Crippen LogP contribution in [0.3, 0.4) is 0 Å². The Balaban J connectivity index is 1.15. The van der Waals surface area contributed by atoms with E-state index in [9.17, 15) is 0 Å². The summed E-state index contributed by atoms with van der Waals surface area (Å²) in [4.78, 5) is 25.1. The molecular formula is C49H47N7. The van der Waals surface area contributed by atoms with Crippen LogP contribution >= 0.6 is 0 Å². The van der Waals surface area contributed by atoms with Crippen molar-refractivity contribution in [2.75, 3.05) is 19.6 Å². The number of para-hydroxylation sites is 4. The third kappa shape index (κ3) is 4.54. The molecule has 6 heterocycles. The second kappa shape index (κ2) is 12.7. The molecule has 278 valence electrons. The van der Waals surface area contributed by atoms with Gasteiger partial charge in [-0.15, -0.1) is 13.2 Å². The van der Waals surface area contributed by atoms with E-state index in [0.29, 0.717) is 0 Å². The van der Waals surface area contributed by atoms with Crippen LogP contribution < -0.4 is 19.6 Å². The highest BCUT2D eigenvalue weighted by molar-refractivity contribution is 5.90. The van der Waals surface area contributed by atoms with Gasteiger partial charge in [0.05, 0.1) is 5.69 Å². The molecule has 4 aliphatic rings. The van der Waals surface area contributed by atoms with Gasteiger partial charge < -0.3 is 19.6 Å². The predicted octanol–water partition coefficient (Wildman–Crippen LogP) is 11.6. The fraction of sp³-hybridized carbons (Fsp3) is 0.245. The Hall–Kier alpha value is -6.21. The summed E-state index contributed by atoms with van der Waals surface area (Å²) in [6.07, 6.45) is 11.7. The van der Waals surface area contributed by atoms with E-state index in [2.05, 4.69) is 175 Å². The van der Waals surface area contributed by atoms with Gasteiger partial charge in [-0.25, -0.2) is 15.0 Å². The number of allylic oxidation sites excluding steroid dienone is 2. The van der Waals surface area contributed by atoms with Crippen LogP contribution in [0.2, 0.25) is 0 Å². The summed E-state index contributed by atoms with van der Waals surface area (Å²) in [5, 5.41) is 0. The van der Waals surface area contributed by atoms with E-state index >= 15 is 0 Å². The Morgan fingerprint density at radius 2 is 1.14 bits per heavy atom. The molecule has 0 N–H and O–H groups in total. The highest BCUT2D eigenvalue weighted by atomic mass is 15.5. The van der Waals surface area contributed by atoms with Gasteiger partial charge in [0.25, 0.3) is 0 Å². The molecule has 6 atom stereocenters. The maximum atomic E-state index is 5.11. The van der Waals surface area contributed by atoms with E-state index in [-0.39, 0.29) is 29.6 Å². The smallest absolute Gasteiger partial charge is 0.178 e. The molecule has 0 saturated heterocycles. The Morgan fingerprint density at radius 1 is 0.589 bits per heavy atom. The Labute approximate surface area is 330 Å². The average molecular weight is 734 g/mol. The van der Waals surface area contributed by atoms with E-state index in [0.717, 1.165) is 47.4 Å².